The van der Waals surface area contributed by atoms with Crippen molar-refractivity contribution < 1.29 is 4.57 Å². The lowest BCUT2D eigenvalue weighted by Gasteiger charge is -2.16. The van der Waals surface area contributed by atoms with Crippen molar-refractivity contribution in [3.63, 3.8) is 0 Å². The Labute approximate surface area is 110 Å². The van der Waals surface area contributed by atoms with Crippen LogP contribution in [0.2, 0.25) is 0 Å². The van der Waals surface area contributed by atoms with Crippen LogP contribution in [0, 0.1) is 5.41 Å². The molecule has 0 saturated carbocycles. The molecule has 16 heavy (non-hydrogen) atoms. The van der Waals surface area contributed by atoms with E-state index in [9.17, 15) is 4.57 Å². The normalized spacial score (nSPS) is 10.9. The molecule has 0 aliphatic rings. The SMILES string of the molecule is CCCCP(=O)(CCCC)CSC(=N)N.Cl. The van der Waals surface area contributed by atoms with Gasteiger partial charge in [-0.25, -0.2) is 0 Å². The summed E-state index contributed by atoms with van der Waals surface area (Å²) in [6.45, 7) is 4.23. The Balaban J connectivity index is 0. The van der Waals surface area contributed by atoms with Crippen LogP contribution in [-0.4, -0.2) is 23.0 Å². The van der Waals surface area contributed by atoms with Gasteiger partial charge in [-0.2, -0.15) is 0 Å². The number of thioether (sulfide) groups is 1. The average molecular weight is 287 g/mol. The summed E-state index contributed by atoms with van der Waals surface area (Å²) < 4.78 is 12.5. The molecule has 0 atom stereocenters. The van der Waals surface area contributed by atoms with E-state index in [1.807, 2.05) is 0 Å². The maximum Gasteiger partial charge on any atom is 0.151 e. The third kappa shape index (κ3) is 9.56. The van der Waals surface area contributed by atoms with Crippen molar-refractivity contribution in [1.82, 2.24) is 0 Å². The van der Waals surface area contributed by atoms with Gasteiger partial charge < -0.3 is 10.3 Å². The summed E-state index contributed by atoms with van der Waals surface area (Å²) in [6.07, 6.45) is 5.87. The highest BCUT2D eigenvalue weighted by atomic mass is 35.5. The van der Waals surface area contributed by atoms with Gasteiger partial charge in [-0.3, -0.25) is 5.41 Å². The van der Waals surface area contributed by atoms with Crippen molar-refractivity contribution >= 4 is 36.5 Å². The van der Waals surface area contributed by atoms with Gasteiger partial charge in [0.1, 0.15) is 0 Å². The highest BCUT2D eigenvalue weighted by Gasteiger charge is 2.21. The standard InChI is InChI=1S/C10H23N2OPS.ClH/c1-3-5-7-14(13,8-6-4-2)9-15-10(11)12;/h3-9H2,1-2H3,(H3,11,12);1H. The van der Waals surface area contributed by atoms with Crippen LogP contribution in [0.15, 0.2) is 0 Å². The number of hydrogen-bond donors (Lipinski definition) is 2. The van der Waals surface area contributed by atoms with Crippen LogP contribution in [-0.2, 0) is 4.57 Å². The number of nitrogens with one attached hydrogen (secondary N) is 1. The van der Waals surface area contributed by atoms with E-state index in [-0.39, 0.29) is 17.6 Å². The lowest BCUT2D eigenvalue weighted by atomic mass is 10.4. The second kappa shape index (κ2) is 10.5. The van der Waals surface area contributed by atoms with Crippen molar-refractivity contribution in [2.45, 2.75) is 39.5 Å². The Morgan fingerprint density at radius 1 is 1.25 bits per heavy atom. The minimum Gasteiger partial charge on any atom is -0.379 e. The van der Waals surface area contributed by atoms with Gasteiger partial charge in [0, 0.05) is 12.3 Å². The Bertz CT molecular complexity index is 227. The van der Waals surface area contributed by atoms with E-state index < -0.39 is 7.14 Å². The molecule has 0 aliphatic heterocycles. The molecular weight excluding hydrogens is 263 g/mol. The first kappa shape index (κ1) is 18.7. The minimum absolute atomic E-state index is 0. The van der Waals surface area contributed by atoms with E-state index in [1.165, 1.54) is 11.8 Å². The lowest BCUT2D eigenvalue weighted by molar-refractivity contribution is 0.573. The first-order chi connectivity index (χ1) is 7.04. The van der Waals surface area contributed by atoms with Crippen molar-refractivity contribution in [3.05, 3.63) is 0 Å². The van der Waals surface area contributed by atoms with E-state index >= 15 is 0 Å². The quantitative estimate of drug-likeness (QED) is 0.403. The predicted molar refractivity (Wildman–Crippen MR) is 78.8 cm³/mol. The molecule has 0 aromatic carbocycles. The molecule has 0 bridgehead atoms. The Morgan fingerprint density at radius 3 is 2.00 bits per heavy atom. The fourth-order valence-electron chi connectivity index (χ4n) is 1.32. The molecule has 0 heterocycles. The fraction of sp³-hybridized carbons (Fsp3) is 0.900. The second-order valence-electron chi connectivity index (χ2n) is 3.85. The van der Waals surface area contributed by atoms with E-state index in [0.29, 0.717) is 5.49 Å². The molecule has 0 amide bonds. The van der Waals surface area contributed by atoms with Gasteiger partial charge in [0.25, 0.3) is 0 Å². The van der Waals surface area contributed by atoms with Gasteiger partial charge in [-0.1, -0.05) is 38.5 Å². The molecular formula is C10H24ClN2OPS. The summed E-state index contributed by atoms with van der Waals surface area (Å²) in [7, 11) is -2.06. The minimum atomic E-state index is -2.06. The van der Waals surface area contributed by atoms with E-state index in [1.54, 1.807) is 0 Å². The molecule has 0 rings (SSSR count). The van der Waals surface area contributed by atoms with E-state index in [0.717, 1.165) is 38.0 Å². The maximum atomic E-state index is 12.5. The first-order valence-electron chi connectivity index (χ1n) is 5.58. The Morgan fingerprint density at radius 2 is 1.69 bits per heavy atom. The summed E-state index contributed by atoms with van der Waals surface area (Å²) in [4.78, 5) is 0. The molecule has 0 unspecified atom stereocenters. The average Bonchev–Trinajstić information content (AvgIpc) is 2.21. The van der Waals surface area contributed by atoms with Crippen LogP contribution in [0.3, 0.4) is 0 Å². The number of unbranched alkanes of at least 4 members (excludes halogenated alkanes) is 2. The summed E-state index contributed by atoms with van der Waals surface area (Å²) in [6, 6.07) is 0. The number of rotatable bonds is 8. The highest BCUT2D eigenvalue weighted by molar-refractivity contribution is 8.17. The van der Waals surface area contributed by atoms with Crippen molar-refractivity contribution in [1.29, 1.82) is 5.41 Å². The van der Waals surface area contributed by atoms with Gasteiger partial charge in [-0.05, 0) is 12.8 Å². The summed E-state index contributed by atoms with van der Waals surface area (Å²) >= 11 is 1.24. The fourth-order valence-corrected chi connectivity index (χ4v) is 5.86. The summed E-state index contributed by atoms with van der Waals surface area (Å²) in [5.74, 6) is 0. The van der Waals surface area contributed by atoms with Gasteiger partial charge in [0.2, 0.25) is 0 Å². The zero-order valence-corrected chi connectivity index (χ0v) is 12.7. The van der Waals surface area contributed by atoms with Crippen molar-refractivity contribution in [2.75, 3.05) is 17.8 Å². The van der Waals surface area contributed by atoms with Crippen molar-refractivity contribution in [2.24, 2.45) is 5.73 Å². The molecule has 0 radical (unpaired) electrons. The van der Waals surface area contributed by atoms with Crippen LogP contribution in [0.1, 0.15) is 39.5 Å². The molecule has 0 spiro atoms. The summed E-state index contributed by atoms with van der Waals surface area (Å²) in [5.41, 5.74) is 5.84. The smallest absolute Gasteiger partial charge is 0.151 e. The lowest BCUT2D eigenvalue weighted by Crippen LogP contribution is -2.07. The molecule has 3 N–H and O–H groups in total. The third-order valence-corrected chi connectivity index (χ3v) is 7.27. The number of nitrogens with two attached hydrogens (primary N) is 1. The molecule has 98 valence electrons. The predicted octanol–water partition coefficient (Wildman–Crippen LogP) is 3.96. The zero-order valence-electron chi connectivity index (χ0n) is 10.2. The molecule has 6 heteroatoms. The molecule has 0 aromatic heterocycles. The highest BCUT2D eigenvalue weighted by Crippen LogP contribution is 2.50. The van der Waals surface area contributed by atoms with Gasteiger partial charge in [-0.15, -0.1) is 12.4 Å². The Hall–Kier alpha value is 0.340. The number of hydrogen-bond acceptors (Lipinski definition) is 3. The second-order valence-corrected chi connectivity index (χ2v) is 8.62. The largest absolute Gasteiger partial charge is 0.379 e. The van der Waals surface area contributed by atoms with E-state index in [2.05, 4.69) is 13.8 Å². The molecule has 3 nitrogen and oxygen atoms in total. The number of halogens is 1. The van der Waals surface area contributed by atoms with Crippen molar-refractivity contribution in [3.8, 4) is 0 Å². The van der Waals surface area contributed by atoms with Crippen LogP contribution < -0.4 is 5.73 Å². The topological polar surface area (TPSA) is 66.9 Å². The molecule has 0 fully saturated rings. The Kier molecular flexibility index (Phi) is 12.3. The zero-order chi connectivity index (χ0) is 11.7. The maximum absolute atomic E-state index is 12.5. The molecule has 0 aromatic rings. The summed E-state index contributed by atoms with van der Waals surface area (Å²) in [5, 5.41) is 7.23. The molecule has 0 saturated heterocycles. The monoisotopic (exact) mass is 286 g/mol. The number of amidine groups is 1. The van der Waals surface area contributed by atoms with Gasteiger partial charge in [0.05, 0.1) is 12.6 Å². The van der Waals surface area contributed by atoms with Crippen LogP contribution in [0.5, 0.6) is 0 Å². The molecule has 0 aliphatic carbocycles. The van der Waals surface area contributed by atoms with Gasteiger partial charge >= 0.3 is 0 Å². The van der Waals surface area contributed by atoms with Crippen LogP contribution >= 0.6 is 31.3 Å². The van der Waals surface area contributed by atoms with Crippen LogP contribution in [0.25, 0.3) is 0 Å². The third-order valence-electron chi connectivity index (χ3n) is 2.29. The van der Waals surface area contributed by atoms with Gasteiger partial charge in [0.15, 0.2) is 5.17 Å². The first-order valence-corrected chi connectivity index (χ1v) is 8.83. The van der Waals surface area contributed by atoms with E-state index in [4.69, 9.17) is 11.1 Å². The van der Waals surface area contributed by atoms with Crippen LogP contribution in [0.4, 0.5) is 0 Å².